The van der Waals surface area contributed by atoms with Gasteiger partial charge in [-0.15, -0.1) is 0 Å². The Hall–Kier alpha value is -2.30. The number of carbonyl (C=O) groups excluding carboxylic acids is 1. The summed E-state index contributed by atoms with van der Waals surface area (Å²) >= 11 is 0. The number of furan rings is 1. The van der Waals surface area contributed by atoms with Crippen LogP contribution in [0, 0.1) is 5.92 Å². The first-order valence-electron chi connectivity index (χ1n) is 7.81. The maximum Gasteiger partial charge on any atom is 0.326 e. The summed E-state index contributed by atoms with van der Waals surface area (Å²) in [5.41, 5.74) is 0.689. The molecule has 0 saturated carbocycles. The normalized spacial score (nSPS) is 11.7. The maximum absolute atomic E-state index is 12.1. The van der Waals surface area contributed by atoms with Gasteiger partial charge in [-0.25, -0.2) is 4.79 Å². The van der Waals surface area contributed by atoms with E-state index in [4.69, 9.17) is 9.52 Å². The van der Waals surface area contributed by atoms with Crippen LogP contribution in [0.25, 0.3) is 12.2 Å². The standard InChI is InChI=1S/C16H21NO4.C2H6/c1-5-7-13-11(6-2)9-14(21-13)15(18)17-12(16(19)20)8-10(3)4;1-2/h5-7,9-10,12H,2,8H2,1,3-4H3,(H,17,18)(H,19,20);1-2H3/b7-5-;. The van der Waals surface area contributed by atoms with E-state index in [0.717, 1.165) is 0 Å². The van der Waals surface area contributed by atoms with E-state index >= 15 is 0 Å². The molecule has 128 valence electrons. The van der Waals surface area contributed by atoms with Crippen molar-refractivity contribution in [2.45, 2.75) is 47.1 Å². The minimum Gasteiger partial charge on any atom is -0.480 e. The molecule has 0 aliphatic heterocycles. The van der Waals surface area contributed by atoms with Crippen LogP contribution >= 0.6 is 0 Å². The fourth-order valence-corrected chi connectivity index (χ4v) is 1.89. The van der Waals surface area contributed by atoms with E-state index < -0.39 is 17.9 Å². The van der Waals surface area contributed by atoms with Crippen LogP contribution in [0.4, 0.5) is 0 Å². The Kier molecular flexibility index (Phi) is 9.39. The van der Waals surface area contributed by atoms with Crippen molar-refractivity contribution in [1.29, 1.82) is 0 Å². The molecule has 0 aliphatic rings. The van der Waals surface area contributed by atoms with Gasteiger partial charge in [0.25, 0.3) is 5.91 Å². The molecule has 0 aromatic carbocycles. The molecule has 2 N–H and O–H groups in total. The predicted octanol–water partition coefficient (Wildman–Crippen LogP) is 4.21. The van der Waals surface area contributed by atoms with Crippen LogP contribution in [-0.4, -0.2) is 23.0 Å². The number of aliphatic carboxylic acids is 1. The number of hydrogen-bond donors (Lipinski definition) is 2. The summed E-state index contributed by atoms with van der Waals surface area (Å²) in [6, 6.07) is 0.617. The van der Waals surface area contributed by atoms with Crippen molar-refractivity contribution < 1.29 is 19.1 Å². The van der Waals surface area contributed by atoms with Crippen LogP contribution in [0.2, 0.25) is 0 Å². The van der Waals surface area contributed by atoms with Crippen molar-refractivity contribution in [1.82, 2.24) is 5.32 Å². The quantitative estimate of drug-likeness (QED) is 0.788. The summed E-state index contributed by atoms with van der Waals surface area (Å²) in [5.74, 6) is -0.838. The van der Waals surface area contributed by atoms with Gasteiger partial charge in [-0.2, -0.15) is 0 Å². The zero-order valence-corrected chi connectivity index (χ0v) is 14.6. The highest BCUT2D eigenvalue weighted by Crippen LogP contribution is 2.19. The third kappa shape index (κ3) is 6.55. The van der Waals surface area contributed by atoms with E-state index in [9.17, 15) is 9.59 Å². The SMILES string of the molecule is C=Cc1cc(C(=O)NC(CC(C)C)C(=O)O)oc1/C=C\C.CC. The van der Waals surface area contributed by atoms with Gasteiger partial charge in [-0.05, 0) is 31.4 Å². The first kappa shape index (κ1) is 20.7. The van der Waals surface area contributed by atoms with Gasteiger partial charge < -0.3 is 14.8 Å². The second-order valence-electron chi connectivity index (χ2n) is 5.13. The van der Waals surface area contributed by atoms with Gasteiger partial charge in [0.15, 0.2) is 5.76 Å². The summed E-state index contributed by atoms with van der Waals surface area (Å²) < 4.78 is 5.43. The molecule has 5 heteroatoms. The first-order valence-corrected chi connectivity index (χ1v) is 7.81. The number of nitrogens with one attached hydrogen (secondary N) is 1. The highest BCUT2D eigenvalue weighted by Gasteiger charge is 2.23. The van der Waals surface area contributed by atoms with Gasteiger partial charge in [0.1, 0.15) is 11.8 Å². The zero-order valence-electron chi connectivity index (χ0n) is 14.6. The molecule has 0 saturated heterocycles. The lowest BCUT2D eigenvalue weighted by Gasteiger charge is -2.15. The predicted molar refractivity (Wildman–Crippen MR) is 93.2 cm³/mol. The molecule has 0 spiro atoms. The van der Waals surface area contributed by atoms with Crippen LogP contribution in [0.1, 0.15) is 62.9 Å². The molecule has 0 bridgehead atoms. The van der Waals surface area contributed by atoms with E-state index in [1.165, 1.54) is 0 Å². The summed E-state index contributed by atoms with van der Waals surface area (Å²) in [4.78, 5) is 23.3. The topological polar surface area (TPSA) is 79.5 Å². The number of amides is 1. The molecular weight excluding hydrogens is 294 g/mol. The third-order valence-corrected chi connectivity index (χ3v) is 2.86. The molecule has 1 amide bonds. The molecule has 0 aliphatic carbocycles. The van der Waals surface area contributed by atoms with Crippen LogP contribution in [0.3, 0.4) is 0 Å². The largest absolute Gasteiger partial charge is 0.480 e. The number of rotatable bonds is 7. The minimum atomic E-state index is -1.05. The average molecular weight is 321 g/mol. The number of allylic oxidation sites excluding steroid dienone is 1. The van der Waals surface area contributed by atoms with E-state index in [2.05, 4.69) is 11.9 Å². The average Bonchev–Trinajstić information content (AvgIpc) is 2.91. The van der Waals surface area contributed by atoms with Gasteiger partial charge >= 0.3 is 5.97 Å². The van der Waals surface area contributed by atoms with Crippen LogP contribution < -0.4 is 5.32 Å². The fraction of sp³-hybridized carbons (Fsp3) is 0.444. The Bertz CT molecular complexity index is 555. The first-order chi connectivity index (χ1) is 10.9. The highest BCUT2D eigenvalue weighted by molar-refractivity contribution is 5.95. The van der Waals surface area contributed by atoms with E-state index in [-0.39, 0.29) is 11.7 Å². The number of carbonyl (C=O) groups is 2. The number of carboxylic acid groups (broad SMARTS) is 1. The van der Waals surface area contributed by atoms with Gasteiger partial charge in [-0.1, -0.05) is 46.4 Å². The number of hydrogen-bond acceptors (Lipinski definition) is 3. The van der Waals surface area contributed by atoms with Crippen LogP contribution in [-0.2, 0) is 4.79 Å². The van der Waals surface area contributed by atoms with Gasteiger partial charge in [0.05, 0.1) is 0 Å². The van der Waals surface area contributed by atoms with Gasteiger partial charge in [0.2, 0.25) is 0 Å². The van der Waals surface area contributed by atoms with Crippen molar-refractivity contribution >= 4 is 24.0 Å². The monoisotopic (exact) mass is 321 g/mol. The van der Waals surface area contributed by atoms with E-state index in [0.29, 0.717) is 17.7 Å². The zero-order chi connectivity index (χ0) is 18.0. The summed E-state index contributed by atoms with van der Waals surface area (Å²) in [7, 11) is 0. The van der Waals surface area contributed by atoms with Crippen molar-refractivity contribution in [2.75, 3.05) is 0 Å². The Morgan fingerprint density at radius 3 is 2.43 bits per heavy atom. The molecule has 5 nitrogen and oxygen atoms in total. The van der Waals surface area contributed by atoms with E-state index in [1.54, 1.807) is 24.3 Å². The molecule has 1 heterocycles. The lowest BCUT2D eigenvalue weighted by Crippen LogP contribution is -2.41. The van der Waals surface area contributed by atoms with Crippen molar-refractivity contribution in [2.24, 2.45) is 5.92 Å². The van der Waals surface area contributed by atoms with Crippen LogP contribution in [0.5, 0.6) is 0 Å². The van der Waals surface area contributed by atoms with E-state index in [1.807, 2.05) is 34.6 Å². The van der Waals surface area contributed by atoms with Crippen molar-refractivity contribution in [3.8, 4) is 0 Å². The fourth-order valence-electron chi connectivity index (χ4n) is 1.89. The second-order valence-corrected chi connectivity index (χ2v) is 5.13. The Morgan fingerprint density at radius 2 is 2.00 bits per heavy atom. The molecule has 1 rings (SSSR count). The van der Waals surface area contributed by atoms with Gasteiger partial charge in [0, 0.05) is 5.56 Å². The molecule has 1 aromatic rings. The van der Waals surface area contributed by atoms with Gasteiger partial charge in [-0.3, -0.25) is 4.79 Å². The molecule has 1 aromatic heterocycles. The second kappa shape index (κ2) is 10.4. The molecule has 23 heavy (non-hydrogen) atoms. The molecule has 0 fully saturated rings. The molecule has 1 atom stereocenters. The Morgan fingerprint density at radius 1 is 1.39 bits per heavy atom. The Labute approximate surface area is 138 Å². The summed E-state index contributed by atoms with van der Waals surface area (Å²) in [6.45, 7) is 13.3. The lowest BCUT2D eigenvalue weighted by atomic mass is 10.0. The molecule has 0 radical (unpaired) electrons. The summed E-state index contributed by atoms with van der Waals surface area (Å²) in [6.07, 6.45) is 5.44. The van der Waals surface area contributed by atoms with Crippen molar-refractivity contribution in [3.05, 3.63) is 35.8 Å². The van der Waals surface area contributed by atoms with Crippen LogP contribution in [0.15, 0.2) is 23.1 Å². The lowest BCUT2D eigenvalue weighted by molar-refractivity contribution is -0.139. The molecular formula is C18H27NO4. The van der Waals surface area contributed by atoms with Crippen molar-refractivity contribution in [3.63, 3.8) is 0 Å². The Balaban J connectivity index is 0.00000232. The summed E-state index contributed by atoms with van der Waals surface area (Å²) in [5, 5.41) is 11.6. The third-order valence-electron chi connectivity index (χ3n) is 2.86. The number of carboxylic acids is 1. The maximum atomic E-state index is 12.1. The minimum absolute atomic E-state index is 0.0769. The smallest absolute Gasteiger partial charge is 0.326 e. The highest BCUT2D eigenvalue weighted by atomic mass is 16.4. The molecule has 1 unspecified atom stereocenters.